The molecule has 2 aliphatic carbocycles. The summed E-state index contributed by atoms with van der Waals surface area (Å²) in [7, 11) is 1.36. The molecular weight excluding hydrogens is 628 g/mol. The number of hydrogen-bond donors (Lipinski definition) is 1. The minimum absolute atomic E-state index is 0.0966. The van der Waals surface area contributed by atoms with E-state index in [1.807, 2.05) is 0 Å². The normalized spacial score (nSPS) is 18.3. The van der Waals surface area contributed by atoms with E-state index in [1.54, 1.807) is 17.0 Å². The van der Waals surface area contributed by atoms with Crippen LogP contribution in [0.1, 0.15) is 53.9 Å². The molecule has 0 radical (unpaired) electrons. The van der Waals surface area contributed by atoms with Gasteiger partial charge in [-0.15, -0.1) is 0 Å². The molecule has 15 heteroatoms. The molecular formula is C31H24F4N6O4S. The lowest BCUT2D eigenvalue weighted by molar-refractivity contribution is -0.137. The summed E-state index contributed by atoms with van der Waals surface area (Å²) in [5.41, 5.74) is 0.160. The van der Waals surface area contributed by atoms with Gasteiger partial charge in [-0.2, -0.15) is 4.98 Å². The predicted octanol–water partition coefficient (Wildman–Crippen LogP) is 5.64. The number of alkyl halides is 4. The van der Waals surface area contributed by atoms with Crippen molar-refractivity contribution in [2.45, 2.75) is 43.6 Å². The van der Waals surface area contributed by atoms with E-state index in [2.05, 4.69) is 37.1 Å². The molecule has 1 aromatic carbocycles. The van der Waals surface area contributed by atoms with Crippen LogP contribution >= 0.6 is 11.3 Å². The van der Waals surface area contributed by atoms with Crippen molar-refractivity contribution in [1.82, 2.24) is 19.9 Å². The number of rotatable bonds is 6. The number of pyridine rings is 1. The van der Waals surface area contributed by atoms with Crippen molar-refractivity contribution in [3.8, 4) is 28.7 Å². The van der Waals surface area contributed by atoms with E-state index in [0.717, 1.165) is 23.6 Å². The highest BCUT2D eigenvalue weighted by Crippen LogP contribution is 2.45. The first-order chi connectivity index (χ1) is 22.0. The average Bonchev–Trinajstić information content (AvgIpc) is 3.69. The van der Waals surface area contributed by atoms with Gasteiger partial charge >= 0.3 is 0 Å². The Labute approximate surface area is 263 Å². The molecule has 1 saturated heterocycles. The fraction of sp³-hybridized carbons (Fsp3) is 0.355. The Kier molecular flexibility index (Phi) is 7.36. The van der Waals surface area contributed by atoms with Gasteiger partial charge in [-0.05, 0) is 43.0 Å². The lowest BCUT2D eigenvalue weighted by atomic mass is 9.82. The maximum absolute atomic E-state index is 13.7. The molecule has 0 unspecified atom stereocenters. The van der Waals surface area contributed by atoms with Crippen LogP contribution in [0.15, 0.2) is 36.7 Å². The number of carbonyl (C=O) groups excluding carboxylic acids is 2. The van der Waals surface area contributed by atoms with Crippen LogP contribution in [-0.4, -0.2) is 63.5 Å². The summed E-state index contributed by atoms with van der Waals surface area (Å²) < 4.78 is 64.8. The van der Waals surface area contributed by atoms with Gasteiger partial charge < -0.3 is 14.4 Å². The zero-order valence-electron chi connectivity index (χ0n) is 24.2. The maximum atomic E-state index is 13.7. The topological polar surface area (TPSA) is 119 Å². The molecule has 1 N–H and O–H groups in total. The highest BCUT2D eigenvalue weighted by Gasteiger charge is 2.55. The third kappa shape index (κ3) is 5.62. The molecule has 46 heavy (non-hydrogen) atoms. The summed E-state index contributed by atoms with van der Waals surface area (Å²) in [6.07, 6.45) is 0.319. The molecule has 2 saturated carbocycles. The molecule has 236 valence electrons. The average molecular weight is 653 g/mol. The molecule has 7 rings (SSSR count). The fourth-order valence-corrected chi connectivity index (χ4v) is 6.26. The van der Waals surface area contributed by atoms with Gasteiger partial charge in [-0.25, -0.2) is 27.5 Å². The largest absolute Gasteiger partial charge is 0.494 e. The molecule has 10 nitrogen and oxygen atoms in total. The molecule has 3 fully saturated rings. The molecule has 4 heterocycles. The number of halogens is 4. The van der Waals surface area contributed by atoms with Crippen LogP contribution in [0.25, 0.3) is 21.6 Å². The van der Waals surface area contributed by atoms with Crippen molar-refractivity contribution in [2.24, 2.45) is 5.92 Å². The number of anilines is 2. The standard InChI is InChI=1S/C31H24F4N6O4S/c1-44-23-15-36-22(24(32)33)11-21(23)20-10-18(41-8-9-45-30(6-7-30)28(41)43)4-5-19(20)26(42)40-29-39-25-27(46-29)38-17(14-37-25)3-2-16-12-31(34,35)13-16/h4-5,10-11,14-16,24H,6-9,12-13H2,1H3,(H,37,39,40,42). The summed E-state index contributed by atoms with van der Waals surface area (Å²) >= 11 is 1.03. The van der Waals surface area contributed by atoms with Crippen LogP contribution in [0.3, 0.4) is 0 Å². The second kappa shape index (κ2) is 11.3. The second-order valence-corrected chi connectivity index (χ2v) is 12.2. The van der Waals surface area contributed by atoms with Gasteiger partial charge in [0.25, 0.3) is 24.2 Å². The van der Waals surface area contributed by atoms with Gasteiger partial charge in [0.15, 0.2) is 15.6 Å². The SMILES string of the molecule is COc1cnc(C(F)F)cc1-c1cc(N2CCOC3(CC3)C2=O)ccc1C(=O)Nc1nc2ncc(C#CC3CC(F)(F)C3)nc2s1. The zero-order chi connectivity index (χ0) is 32.2. The summed E-state index contributed by atoms with van der Waals surface area (Å²) in [5.74, 6) is 1.82. The van der Waals surface area contributed by atoms with Gasteiger partial charge in [-0.1, -0.05) is 17.3 Å². The van der Waals surface area contributed by atoms with Gasteiger partial charge in [0.2, 0.25) is 0 Å². The molecule has 4 aromatic rings. The molecule has 0 atom stereocenters. The van der Waals surface area contributed by atoms with Crippen molar-refractivity contribution in [3.63, 3.8) is 0 Å². The quantitative estimate of drug-likeness (QED) is 0.210. The first-order valence-electron chi connectivity index (χ1n) is 14.3. The van der Waals surface area contributed by atoms with Crippen LogP contribution in [0.2, 0.25) is 0 Å². The molecule has 1 aliphatic heterocycles. The number of morpholine rings is 1. The van der Waals surface area contributed by atoms with E-state index in [1.165, 1.54) is 19.4 Å². The van der Waals surface area contributed by atoms with Crippen molar-refractivity contribution in [1.29, 1.82) is 0 Å². The summed E-state index contributed by atoms with van der Waals surface area (Å²) in [4.78, 5) is 45.6. The van der Waals surface area contributed by atoms with Crippen LogP contribution in [0.4, 0.5) is 28.4 Å². The van der Waals surface area contributed by atoms with E-state index in [0.29, 0.717) is 30.0 Å². The van der Waals surface area contributed by atoms with Crippen LogP contribution in [0, 0.1) is 17.8 Å². The van der Waals surface area contributed by atoms with E-state index >= 15 is 0 Å². The highest BCUT2D eigenvalue weighted by atomic mass is 32.1. The molecule has 3 aliphatic rings. The van der Waals surface area contributed by atoms with E-state index < -0.39 is 35.5 Å². The zero-order valence-corrected chi connectivity index (χ0v) is 25.0. The van der Waals surface area contributed by atoms with Crippen molar-refractivity contribution >= 4 is 44.4 Å². The second-order valence-electron chi connectivity index (χ2n) is 11.2. The highest BCUT2D eigenvalue weighted by molar-refractivity contribution is 7.21. The van der Waals surface area contributed by atoms with Gasteiger partial charge in [0.1, 0.15) is 22.7 Å². The van der Waals surface area contributed by atoms with Crippen molar-refractivity contribution in [3.05, 3.63) is 53.6 Å². The Bertz CT molecular complexity index is 1950. The molecule has 3 aromatic heterocycles. The fourth-order valence-electron chi connectivity index (χ4n) is 5.47. The van der Waals surface area contributed by atoms with Gasteiger partial charge in [0.05, 0.1) is 26.1 Å². The van der Waals surface area contributed by atoms with Crippen LogP contribution < -0.4 is 15.0 Å². The number of amides is 2. The summed E-state index contributed by atoms with van der Waals surface area (Å²) in [6.45, 7) is 0.619. The molecule has 0 bridgehead atoms. The number of aromatic nitrogens is 4. The smallest absolute Gasteiger partial charge is 0.280 e. The first-order valence-corrected chi connectivity index (χ1v) is 15.1. The third-order valence-corrected chi connectivity index (χ3v) is 8.91. The summed E-state index contributed by atoms with van der Waals surface area (Å²) in [5, 5.41) is 2.88. The Morgan fingerprint density at radius 3 is 2.67 bits per heavy atom. The number of carbonyl (C=O) groups is 2. The number of thiazole rings is 1. The van der Waals surface area contributed by atoms with Crippen molar-refractivity contribution < 1.29 is 36.6 Å². The number of fused-ring (bicyclic) bond motifs is 1. The minimum Gasteiger partial charge on any atom is -0.494 e. The Balaban J connectivity index is 1.21. The minimum atomic E-state index is -2.88. The van der Waals surface area contributed by atoms with E-state index in [4.69, 9.17) is 9.47 Å². The third-order valence-electron chi connectivity index (χ3n) is 8.05. The number of benzene rings is 1. The Morgan fingerprint density at radius 2 is 1.96 bits per heavy atom. The van der Waals surface area contributed by atoms with E-state index in [9.17, 15) is 27.2 Å². The first kappa shape index (κ1) is 30.0. The lowest BCUT2D eigenvalue weighted by Crippen LogP contribution is -2.49. The van der Waals surface area contributed by atoms with Crippen LogP contribution in [-0.2, 0) is 9.53 Å². The van der Waals surface area contributed by atoms with Gasteiger partial charge in [0, 0.05) is 47.7 Å². The van der Waals surface area contributed by atoms with E-state index in [-0.39, 0.29) is 64.2 Å². The predicted molar refractivity (Wildman–Crippen MR) is 159 cm³/mol. The monoisotopic (exact) mass is 652 g/mol. The Morgan fingerprint density at radius 1 is 1.15 bits per heavy atom. The number of nitrogens with one attached hydrogen (secondary N) is 1. The number of ether oxygens (including phenoxy) is 2. The van der Waals surface area contributed by atoms with Crippen molar-refractivity contribution in [2.75, 3.05) is 30.5 Å². The lowest BCUT2D eigenvalue weighted by Gasteiger charge is -2.33. The number of nitrogens with zero attached hydrogens (tertiary/aromatic N) is 5. The number of methoxy groups -OCH3 is 1. The molecule has 1 spiro atoms. The Hall–Kier alpha value is -4.68. The van der Waals surface area contributed by atoms with Gasteiger partial charge in [-0.3, -0.25) is 19.9 Å². The maximum Gasteiger partial charge on any atom is 0.280 e. The number of hydrogen-bond acceptors (Lipinski definition) is 9. The molecule has 2 amide bonds. The van der Waals surface area contributed by atoms with Crippen LogP contribution in [0.5, 0.6) is 5.75 Å². The summed E-state index contributed by atoms with van der Waals surface area (Å²) in [6, 6.07) is 5.86.